The van der Waals surface area contributed by atoms with E-state index >= 15 is 0 Å². The van der Waals surface area contributed by atoms with Crippen molar-refractivity contribution in [2.24, 2.45) is 0 Å². The average Bonchev–Trinajstić information content (AvgIpc) is 3.26. The molecule has 0 amide bonds. The molecule has 0 aliphatic heterocycles. The normalized spacial score (nSPS) is 13.1. The highest BCUT2D eigenvalue weighted by molar-refractivity contribution is 5.70. The summed E-state index contributed by atoms with van der Waals surface area (Å²) in [6.45, 7) is 4.67. The molecule has 0 aromatic rings. The fourth-order valence-electron chi connectivity index (χ4n) is 7.45. The number of ether oxygens (including phenoxy) is 4. The first-order valence-electron chi connectivity index (χ1n) is 26.6. The van der Waals surface area contributed by atoms with Crippen LogP contribution in [0.4, 0.5) is 0 Å². The maximum absolute atomic E-state index is 12.8. The van der Waals surface area contributed by atoms with Crippen LogP contribution in [0.5, 0.6) is 0 Å². The van der Waals surface area contributed by atoms with Crippen LogP contribution in [-0.2, 0) is 33.3 Å². The van der Waals surface area contributed by atoms with Gasteiger partial charge in [-0.25, -0.2) is 0 Å². The number of aliphatic carboxylic acids is 1. The van der Waals surface area contributed by atoms with Gasteiger partial charge < -0.3 is 33.3 Å². The van der Waals surface area contributed by atoms with E-state index in [1.807, 2.05) is 21.1 Å². The van der Waals surface area contributed by atoms with Crippen LogP contribution in [0.15, 0.2) is 36.5 Å². The van der Waals surface area contributed by atoms with Gasteiger partial charge in [-0.05, 0) is 64.2 Å². The number of carboxylic acids is 1. The van der Waals surface area contributed by atoms with Gasteiger partial charge in [0.2, 0.25) is 0 Å². The first-order chi connectivity index (χ1) is 31.1. The Labute approximate surface area is 394 Å². The van der Waals surface area contributed by atoms with Gasteiger partial charge in [0.05, 0.1) is 40.3 Å². The summed E-state index contributed by atoms with van der Waals surface area (Å²) in [7, 11) is 5.91. The van der Waals surface area contributed by atoms with E-state index in [1.165, 1.54) is 141 Å². The monoisotopic (exact) mass is 904 g/mol. The van der Waals surface area contributed by atoms with Crippen LogP contribution in [0.1, 0.15) is 239 Å². The number of hydrogen-bond donors (Lipinski definition) is 0. The van der Waals surface area contributed by atoms with Crippen LogP contribution in [0.2, 0.25) is 0 Å². The molecular formula is C55H101NO8. The molecule has 2 unspecified atom stereocenters. The van der Waals surface area contributed by atoms with E-state index in [2.05, 4.69) is 50.3 Å². The Morgan fingerprint density at radius 2 is 0.875 bits per heavy atom. The van der Waals surface area contributed by atoms with Gasteiger partial charge in [0.25, 0.3) is 0 Å². The topological polar surface area (TPSA) is 111 Å². The summed E-state index contributed by atoms with van der Waals surface area (Å²) in [5.74, 6) is -2.29. The Balaban J connectivity index is 4.10. The number of unbranched alkanes of at least 4 members (excludes halogenated alkanes) is 28. The van der Waals surface area contributed by atoms with Crippen molar-refractivity contribution in [3.05, 3.63) is 36.5 Å². The van der Waals surface area contributed by atoms with E-state index < -0.39 is 24.3 Å². The standard InChI is InChI=1S/C55H101NO8/c1-6-8-10-12-14-16-18-19-20-21-22-23-24-25-26-27-28-29-30-31-32-33-34-35-36-38-40-42-44-46-53(58)64-51(50-63-55(54(59)60)61-48-47-56(3,4)5)49-62-52(57)45-43-41-39-37-17-15-13-11-9-7-2/h11,13,18-19,21-22,51,55H,6-10,12,14-17,20,23-50H2,1-5H3/b13-11-,19-18-,22-21-. The summed E-state index contributed by atoms with van der Waals surface area (Å²) in [5.41, 5.74) is 0. The molecule has 9 nitrogen and oxygen atoms in total. The smallest absolute Gasteiger partial charge is 0.306 e. The molecule has 0 rings (SSSR count). The summed E-state index contributed by atoms with van der Waals surface area (Å²) in [6, 6.07) is 0. The molecular weight excluding hydrogens is 803 g/mol. The van der Waals surface area contributed by atoms with Crippen LogP contribution >= 0.6 is 0 Å². The fourth-order valence-corrected chi connectivity index (χ4v) is 7.45. The molecule has 374 valence electrons. The largest absolute Gasteiger partial charge is 0.545 e. The van der Waals surface area contributed by atoms with Crippen LogP contribution in [0, 0.1) is 0 Å². The number of quaternary nitrogens is 1. The molecule has 0 bridgehead atoms. The average molecular weight is 904 g/mol. The van der Waals surface area contributed by atoms with Gasteiger partial charge in [-0.3, -0.25) is 9.59 Å². The van der Waals surface area contributed by atoms with Crippen molar-refractivity contribution in [3.8, 4) is 0 Å². The Kier molecular flexibility index (Phi) is 45.2. The van der Waals surface area contributed by atoms with Crippen molar-refractivity contribution in [2.75, 3.05) is 47.5 Å². The second kappa shape index (κ2) is 47.0. The van der Waals surface area contributed by atoms with Gasteiger partial charge in [0.1, 0.15) is 13.2 Å². The Morgan fingerprint density at radius 3 is 1.31 bits per heavy atom. The Bertz CT molecular complexity index is 1150. The number of esters is 2. The van der Waals surface area contributed by atoms with Crippen molar-refractivity contribution >= 4 is 17.9 Å². The highest BCUT2D eigenvalue weighted by Gasteiger charge is 2.22. The zero-order valence-electron chi connectivity index (χ0n) is 42.4. The molecule has 0 aromatic carbocycles. The van der Waals surface area contributed by atoms with Crippen LogP contribution in [-0.4, -0.2) is 82.3 Å². The van der Waals surface area contributed by atoms with Crippen LogP contribution < -0.4 is 5.11 Å². The third-order valence-corrected chi connectivity index (χ3v) is 11.6. The zero-order valence-corrected chi connectivity index (χ0v) is 42.4. The van der Waals surface area contributed by atoms with E-state index in [-0.39, 0.29) is 38.6 Å². The third-order valence-electron chi connectivity index (χ3n) is 11.6. The molecule has 0 heterocycles. The van der Waals surface area contributed by atoms with Crippen molar-refractivity contribution in [3.63, 3.8) is 0 Å². The van der Waals surface area contributed by atoms with Gasteiger partial charge in [-0.1, -0.05) is 198 Å². The maximum atomic E-state index is 12.8. The number of carbonyl (C=O) groups excluding carboxylic acids is 3. The van der Waals surface area contributed by atoms with E-state index in [9.17, 15) is 19.5 Å². The first-order valence-corrected chi connectivity index (χ1v) is 26.6. The van der Waals surface area contributed by atoms with Gasteiger partial charge in [0, 0.05) is 12.8 Å². The molecule has 0 saturated heterocycles. The van der Waals surface area contributed by atoms with E-state index in [4.69, 9.17) is 18.9 Å². The first kappa shape index (κ1) is 61.5. The minimum absolute atomic E-state index is 0.147. The molecule has 0 N–H and O–H groups in total. The van der Waals surface area contributed by atoms with Crippen molar-refractivity contribution in [1.82, 2.24) is 0 Å². The zero-order chi connectivity index (χ0) is 47.0. The van der Waals surface area contributed by atoms with Crippen LogP contribution in [0.25, 0.3) is 0 Å². The summed E-state index contributed by atoms with van der Waals surface area (Å²) < 4.78 is 22.6. The quantitative estimate of drug-likeness (QED) is 0.0195. The lowest BCUT2D eigenvalue weighted by Gasteiger charge is -2.26. The number of hydrogen-bond acceptors (Lipinski definition) is 8. The number of carboxylic acid groups (broad SMARTS) is 1. The molecule has 0 aromatic heterocycles. The predicted octanol–water partition coefficient (Wildman–Crippen LogP) is 13.6. The van der Waals surface area contributed by atoms with E-state index in [1.54, 1.807) is 0 Å². The van der Waals surface area contributed by atoms with Crippen LogP contribution in [0.3, 0.4) is 0 Å². The van der Waals surface area contributed by atoms with Gasteiger partial charge in [0.15, 0.2) is 12.4 Å². The van der Waals surface area contributed by atoms with E-state index in [0.717, 1.165) is 64.2 Å². The molecule has 0 fully saturated rings. The minimum atomic E-state index is -1.62. The van der Waals surface area contributed by atoms with Gasteiger partial charge >= 0.3 is 11.9 Å². The molecule has 0 saturated carbocycles. The number of carbonyl (C=O) groups is 3. The molecule has 0 spiro atoms. The minimum Gasteiger partial charge on any atom is -0.545 e. The highest BCUT2D eigenvalue weighted by Crippen LogP contribution is 2.16. The molecule has 9 heteroatoms. The lowest BCUT2D eigenvalue weighted by Crippen LogP contribution is -2.44. The molecule has 0 aliphatic rings. The van der Waals surface area contributed by atoms with E-state index in [0.29, 0.717) is 17.4 Å². The highest BCUT2D eigenvalue weighted by atomic mass is 16.7. The molecule has 2 atom stereocenters. The maximum Gasteiger partial charge on any atom is 0.306 e. The number of rotatable bonds is 49. The molecule has 0 radical (unpaired) electrons. The SMILES string of the molecule is CCC/C=C\CCCCCCCC(=O)OCC(COC(OCC[N+](C)(C)C)C(=O)[O-])OC(=O)CCCCCCCCCCCCCCCCCCC/C=C\C/C=C\CCCCCCC. The lowest BCUT2D eigenvalue weighted by molar-refractivity contribution is -0.870. The Morgan fingerprint density at radius 1 is 0.469 bits per heavy atom. The van der Waals surface area contributed by atoms with Gasteiger partial charge in [-0.15, -0.1) is 0 Å². The predicted molar refractivity (Wildman–Crippen MR) is 265 cm³/mol. The second-order valence-corrected chi connectivity index (χ2v) is 19.2. The Hall–Kier alpha value is -2.49. The molecule has 64 heavy (non-hydrogen) atoms. The van der Waals surface area contributed by atoms with Crippen molar-refractivity contribution in [1.29, 1.82) is 0 Å². The summed E-state index contributed by atoms with van der Waals surface area (Å²) in [6.07, 6.45) is 52.1. The number of allylic oxidation sites excluding steroid dienone is 6. The van der Waals surface area contributed by atoms with Crippen molar-refractivity contribution < 1.29 is 42.9 Å². The van der Waals surface area contributed by atoms with Gasteiger partial charge in [-0.2, -0.15) is 0 Å². The lowest BCUT2D eigenvalue weighted by atomic mass is 10.0. The second-order valence-electron chi connectivity index (χ2n) is 19.2. The third kappa shape index (κ3) is 47.5. The summed E-state index contributed by atoms with van der Waals surface area (Å²) >= 11 is 0. The summed E-state index contributed by atoms with van der Waals surface area (Å²) in [5, 5.41) is 11.7. The fraction of sp³-hybridized carbons (Fsp3) is 0.836. The number of nitrogens with zero attached hydrogens (tertiary/aromatic N) is 1. The summed E-state index contributed by atoms with van der Waals surface area (Å²) in [4.78, 5) is 37.0. The van der Waals surface area contributed by atoms with Crippen molar-refractivity contribution in [2.45, 2.75) is 251 Å². The number of likely N-dealkylation sites (N-methyl/N-ethyl adjacent to an activating group) is 1. The molecule has 0 aliphatic carbocycles.